The molecule has 0 heterocycles. The van der Waals surface area contributed by atoms with Gasteiger partial charge in [0.25, 0.3) is 10.0 Å². The van der Waals surface area contributed by atoms with Crippen LogP contribution in [0.2, 0.25) is 5.02 Å². The van der Waals surface area contributed by atoms with Gasteiger partial charge in [0.1, 0.15) is 12.3 Å². The van der Waals surface area contributed by atoms with Crippen molar-refractivity contribution in [2.45, 2.75) is 56.4 Å². The molecule has 1 amide bonds. The summed E-state index contributed by atoms with van der Waals surface area (Å²) < 4.78 is 33.8. The number of nitrogens with one attached hydrogen (secondary N) is 1. The maximum atomic E-state index is 13.5. The van der Waals surface area contributed by atoms with Crippen molar-refractivity contribution < 1.29 is 17.9 Å². The van der Waals surface area contributed by atoms with Crippen molar-refractivity contribution in [2.24, 2.45) is 0 Å². The van der Waals surface area contributed by atoms with Gasteiger partial charge in [-0.3, -0.25) is 9.10 Å². The van der Waals surface area contributed by atoms with Crippen LogP contribution in [0.1, 0.15) is 45.4 Å². The zero-order valence-corrected chi connectivity index (χ0v) is 19.3. The Morgan fingerprint density at radius 3 is 2.35 bits per heavy atom. The molecule has 2 aromatic rings. The van der Waals surface area contributed by atoms with Crippen molar-refractivity contribution in [2.75, 3.05) is 17.5 Å². The van der Waals surface area contributed by atoms with Crippen molar-refractivity contribution in [1.29, 1.82) is 0 Å². The van der Waals surface area contributed by atoms with Crippen LogP contribution in [0.15, 0.2) is 53.4 Å². The van der Waals surface area contributed by atoms with E-state index in [0.29, 0.717) is 23.1 Å². The van der Waals surface area contributed by atoms with E-state index in [2.05, 4.69) is 5.32 Å². The first kappa shape index (κ1) is 23.4. The molecular formula is C23H29ClN2O4S. The fraction of sp³-hybridized carbons (Fsp3) is 0.435. The van der Waals surface area contributed by atoms with Gasteiger partial charge in [-0.05, 0) is 56.2 Å². The van der Waals surface area contributed by atoms with Crippen LogP contribution in [0, 0.1) is 0 Å². The van der Waals surface area contributed by atoms with Gasteiger partial charge in [0.2, 0.25) is 5.91 Å². The van der Waals surface area contributed by atoms with Gasteiger partial charge in [-0.25, -0.2) is 8.42 Å². The molecule has 8 heteroatoms. The quantitative estimate of drug-likeness (QED) is 0.571. The highest BCUT2D eigenvalue weighted by Crippen LogP contribution is 2.32. The van der Waals surface area contributed by atoms with Gasteiger partial charge < -0.3 is 10.1 Å². The third-order valence-corrected chi connectivity index (χ3v) is 7.37. The molecule has 2 aromatic carbocycles. The van der Waals surface area contributed by atoms with E-state index in [1.54, 1.807) is 24.3 Å². The summed E-state index contributed by atoms with van der Waals surface area (Å²) in [4.78, 5) is 13.0. The summed E-state index contributed by atoms with van der Waals surface area (Å²) in [5.74, 6) is 0.0838. The van der Waals surface area contributed by atoms with Crippen LogP contribution in [0.25, 0.3) is 0 Å². The van der Waals surface area contributed by atoms with E-state index in [0.717, 1.165) is 30.0 Å². The van der Waals surface area contributed by atoms with E-state index < -0.39 is 10.0 Å². The Balaban J connectivity index is 1.92. The molecule has 31 heavy (non-hydrogen) atoms. The second-order valence-corrected chi connectivity index (χ2v) is 9.92. The number of benzene rings is 2. The Morgan fingerprint density at radius 2 is 1.71 bits per heavy atom. The molecule has 1 N–H and O–H groups in total. The number of hydrogen-bond donors (Lipinski definition) is 1. The van der Waals surface area contributed by atoms with Gasteiger partial charge in [-0.15, -0.1) is 0 Å². The maximum absolute atomic E-state index is 13.5. The molecule has 0 radical (unpaired) electrons. The monoisotopic (exact) mass is 464 g/mol. The first-order chi connectivity index (χ1) is 14.9. The number of para-hydroxylation sites is 2. The molecule has 0 aliphatic heterocycles. The smallest absolute Gasteiger partial charge is 0.264 e. The van der Waals surface area contributed by atoms with Gasteiger partial charge >= 0.3 is 0 Å². The zero-order valence-electron chi connectivity index (χ0n) is 17.7. The van der Waals surface area contributed by atoms with Crippen LogP contribution in [-0.4, -0.2) is 33.5 Å². The van der Waals surface area contributed by atoms with Gasteiger partial charge in [0, 0.05) is 11.1 Å². The Labute approximate surface area is 189 Å². The summed E-state index contributed by atoms with van der Waals surface area (Å²) in [6, 6.07) is 12.9. The molecule has 0 atom stereocenters. The van der Waals surface area contributed by atoms with Crippen LogP contribution >= 0.6 is 11.6 Å². The van der Waals surface area contributed by atoms with E-state index in [1.807, 2.05) is 6.92 Å². The van der Waals surface area contributed by atoms with Crippen molar-refractivity contribution in [3.05, 3.63) is 53.6 Å². The fourth-order valence-electron chi connectivity index (χ4n) is 3.80. The normalized spacial score (nSPS) is 15.2. The third kappa shape index (κ3) is 6.14. The Hall–Kier alpha value is -2.25. The van der Waals surface area contributed by atoms with Crippen molar-refractivity contribution in [3.63, 3.8) is 0 Å². The highest BCUT2D eigenvalue weighted by Gasteiger charge is 2.30. The molecule has 0 bridgehead atoms. The minimum atomic E-state index is -4.02. The van der Waals surface area contributed by atoms with Gasteiger partial charge in [-0.2, -0.15) is 0 Å². The molecule has 1 aliphatic rings. The maximum Gasteiger partial charge on any atom is 0.264 e. The van der Waals surface area contributed by atoms with E-state index in [1.165, 1.54) is 37.1 Å². The minimum absolute atomic E-state index is 0.0606. The number of carbonyl (C=O) groups is 1. The summed E-state index contributed by atoms with van der Waals surface area (Å²) in [6.07, 6.45) is 6.34. The van der Waals surface area contributed by atoms with E-state index >= 15 is 0 Å². The van der Waals surface area contributed by atoms with Crippen molar-refractivity contribution >= 4 is 33.2 Å². The molecular weight excluding hydrogens is 436 g/mol. The van der Waals surface area contributed by atoms with Crippen molar-refractivity contribution in [3.8, 4) is 5.75 Å². The summed E-state index contributed by atoms with van der Waals surface area (Å²) in [5.41, 5.74) is 0.329. The number of amides is 1. The summed E-state index contributed by atoms with van der Waals surface area (Å²) in [5, 5.41) is 3.47. The molecule has 0 spiro atoms. The highest BCUT2D eigenvalue weighted by molar-refractivity contribution is 7.92. The van der Waals surface area contributed by atoms with Gasteiger partial charge in [0.05, 0.1) is 17.2 Å². The molecule has 6 nitrogen and oxygen atoms in total. The molecule has 1 saturated carbocycles. The Bertz CT molecular complexity index is 971. The number of anilines is 1. The van der Waals surface area contributed by atoms with Crippen LogP contribution in [0.4, 0.5) is 5.69 Å². The first-order valence-electron chi connectivity index (χ1n) is 10.7. The fourth-order valence-corrected chi connectivity index (χ4v) is 5.36. The lowest BCUT2D eigenvalue weighted by Crippen LogP contribution is -2.44. The standard InChI is InChI=1S/C23H29ClN2O4S/c1-2-30-22-12-8-7-11-21(22)26(31(28,29)20-15-13-18(24)14-16-20)17-23(27)25-19-9-5-3-4-6-10-19/h7-8,11-16,19H,2-6,9-10,17H2,1H3,(H,25,27). The number of nitrogens with zero attached hydrogens (tertiary/aromatic N) is 1. The summed E-state index contributed by atoms with van der Waals surface area (Å²) in [6.45, 7) is 1.87. The lowest BCUT2D eigenvalue weighted by atomic mass is 10.1. The van der Waals surface area contributed by atoms with E-state index in [9.17, 15) is 13.2 Å². The average molecular weight is 465 g/mol. The molecule has 0 aromatic heterocycles. The second kappa shape index (κ2) is 10.9. The van der Waals surface area contributed by atoms with E-state index in [4.69, 9.17) is 16.3 Å². The number of ether oxygens (including phenoxy) is 1. The minimum Gasteiger partial charge on any atom is -0.492 e. The zero-order chi connectivity index (χ0) is 22.3. The Kier molecular flexibility index (Phi) is 8.21. The number of hydrogen-bond acceptors (Lipinski definition) is 4. The first-order valence-corrected chi connectivity index (χ1v) is 12.5. The number of rotatable bonds is 8. The van der Waals surface area contributed by atoms with Crippen LogP contribution < -0.4 is 14.4 Å². The summed E-state index contributed by atoms with van der Waals surface area (Å²) >= 11 is 5.94. The number of halogens is 1. The number of sulfonamides is 1. The predicted octanol–water partition coefficient (Wildman–Crippen LogP) is 4.77. The topological polar surface area (TPSA) is 75.7 Å². The molecule has 3 rings (SSSR count). The molecule has 1 fully saturated rings. The molecule has 168 valence electrons. The SMILES string of the molecule is CCOc1ccccc1N(CC(=O)NC1CCCCCC1)S(=O)(=O)c1ccc(Cl)cc1. The van der Waals surface area contributed by atoms with E-state index in [-0.39, 0.29) is 23.4 Å². The molecule has 0 saturated heterocycles. The number of carbonyl (C=O) groups excluding carboxylic acids is 1. The summed E-state index contributed by atoms with van der Waals surface area (Å²) in [7, 11) is -4.02. The lowest BCUT2D eigenvalue weighted by molar-refractivity contribution is -0.120. The van der Waals surface area contributed by atoms with Crippen LogP contribution in [0.5, 0.6) is 5.75 Å². The third-order valence-electron chi connectivity index (χ3n) is 5.34. The predicted molar refractivity (Wildman–Crippen MR) is 123 cm³/mol. The lowest BCUT2D eigenvalue weighted by Gasteiger charge is -2.27. The molecule has 1 aliphatic carbocycles. The highest BCUT2D eigenvalue weighted by atomic mass is 35.5. The molecule has 0 unspecified atom stereocenters. The second-order valence-electron chi connectivity index (χ2n) is 7.62. The average Bonchev–Trinajstić information content (AvgIpc) is 3.02. The van der Waals surface area contributed by atoms with Gasteiger partial charge in [-0.1, -0.05) is 49.4 Å². The van der Waals surface area contributed by atoms with Crippen molar-refractivity contribution in [1.82, 2.24) is 5.32 Å². The van der Waals surface area contributed by atoms with Crippen LogP contribution in [0.3, 0.4) is 0 Å². The van der Waals surface area contributed by atoms with Crippen LogP contribution in [-0.2, 0) is 14.8 Å². The Morgan fingerprint density at radius 1 is 1.06 bits per heavy atom. The van der Waals surface area contributed by atoms with Gasteiger partial charge in [0.15, 0.2) is 0 Å². The largest absolute Gasteiger partial charge is 0.492 e.